The minimum Gasteiger partial charge on any atom is -0.450 e. The quantitative estimate of drug-likeness (QED) is 0.140. The SMILES string of the molecule is Cc1ccc2oc3c(c(=O)c2c1)C1(C(=O)N(Cc2ccccc2F)c2ccccc21)N(c1nnc(SCc2ccccc2F)s1)C3=O. The van der Waals surface area contributed by atoms with Crippen molar-refractivity contribution < 1.29 is 22.8 Å². The topological polar surface area (TPSA) is 96.6 Å². The van der Waals surface area contributed by atoms with Crippen LogP contribution in [-0.4, -0.2) is 22.0 Å². The van der Waals surface area contributed by atoms with Gasteiger partial charge in [-0.1, -0.05) is 89.3 Å². The maximum absolute atomic E-state index is 15.0. The van der Waals surface area contributed by atoms with E-state index in [9.17, 15) is 18.4 Å². The molecular formula is C35H22F2N4O4S2. The van der Waals surface area contributed by atoms with Crippen LogP contribution in [0.1, 0.15) is 38.4 Å². The number of anilines is 2. The van der Waals surface area contributed by atoms with Crippen LogP contribution in [0.2, 0.25) is 0 Å². The van der Waals surface area contributed by atoms with Crippen LogP contribution < -0.4 is 15.2 Å². The van der Waals surface area contributed by atoms with Crippen molar-refractivity contribution in [1.29, 1.82) is 0 Å². The van der Waals surface area contributed by atoms with Gasteiger partial charge in [-0.05, 0) is 42.8 Å². The summed E-state index contributed by atoms with van der Waals surface area (Å²) in [5.41, 5.74) is -0.203. The molecule has 232 valence electrons. The van der Waals surface area contributed by atoms with Crippen molar-refractivity contribution >= 4 is 56.7 Å². The van der Waals surface area contributed by atoms with Crippen LogP contribution in [0, 0.1) is 18.6 Å². The Morgan fingerprint density at radius 3 is 2.34 bits per heavy atom. The van der Waals surface area contributed by atoms with Crippen molar-refractivity contribution in [1.82, 2.24) is 10.2 Å². The number of thioether (sulfide) groups is 1. The average Bonchev–Trinajstić information content (AvgIpc) is 3.71. The van der Waals surface area contributed by atoms with Crippen LogP contribution in [0.5, 0.6) is 0 Å². The summed E-state index contributed by atoms with van der Waals surface area (Å²) in [6.07, 6.45) is 0. The zero-order valence-corrected chi connectivity index (χ0v) is 26.2. The molecule has 6 aromatic rings. The van der Waals surface area contributed by atoms with Gasteiger partial charge in [-0.15, -0.1) is 10.2 Å². The highest BCUT2D eigenvalue weighted by molar-refractivity contribution is 8.00. The Kier molecular flexibility index (Phi) is 6.81. The number of halogens is 2. The van der Waals surface area contributed by atoms with Gasteiger partial charge in [0.15, 0.2) is 15.3 Å². The molecule has 4 aromatic carbocycles. The number of carbonyl (C=O) groups is 2. The molecule has 0 N–H and O–H groups in total. The first-order chi connectivity index (χ1) is 22.8. The van der Waals surface area contributed by atoms with Crippen molar-refractivity contribution in [3.63, 3.8) is 0 Å². The van der Waals surface area contributed by atoms with Crippen LogP contribution >= 0.6 is 23.1 Å². The summed E-state index contributed by atoms with van der Waals surface area (Å²) >= 11 is 2.26. The number of para-hydroxylation sites is 1. The molecule has 8 nitrogen and oxygen atoms in total. The molecule has 0 fully saturated rings. The summed E-state index contributed by atoms with van der Waals surface area (Å²) in [4.78, 5) is 46.6. The van der Waals surface area contributed by atoms with Gasteiger partial charge in [0.25, 0.3) is 11.8 Å². The van der Waals surface area contributed by atoms with Crippen LogP contribution in [0.15, 0.2) is 105 Å². The van der Waals surface area contributed by atoms with E-state index in [1.165, 1.54) is 33.7 Å². The molecule has 8 rings (SSSR count). The number of aromatic nitrogens is 2. The van der Waals surface area contributed by atoms with E-state index in [0.29, 0.717) is 21.2 Å². The largest absolute Gasteiger partial charge is 0.450 e. The number of carbonyl (C=O) groups excluding carboxylic acids is 2. The van der Waals surface area contributed by atoms with Gasteiger partial charge in [0.2, 0.25) is 10.9 Å². The minimum absolute atomic E-state index is 0.0490. The highest BCUT2D eigenvalue weighted by Crippen LogP contribution is 2.55. The van der Waals surface area contributed by atoms with Gasteiger partial charge in [0.05, 0.1) is 23.2 Å². The van der Waals surface area contributed by atoms with Crippen LogP contribution in [0.4, 0.5) is 19.6 Å². The fraction of sp³-hybridized carbons (Fsp3) is 0.114. The Balaban J connectivity index is 1.33. The second-order valence-electron chi connectivity index (χ2n) is 11.2. The number of hydrogen-bond acceptors (Lipinski definition) is 8. The van der Waals surface area contributed by atoms with Gasteiger partial charge in [0, 0.05) is 16.9 Å². The molecule has 0 saturated heterocycles. The molecule has 2 amide bonds. The third kappa shape index (κ3) is 4.35. The fourth-order valence-corrected chi connectivity index (χ4v) is 8.22. The Morgan fingerprint density at radius 2 is 1.57 bits per heavy atom. The van der Waals surface area contributed by atoms with E-state index in [-0.39, 0.29) is 51.1 Å². The van der Waals surface area contributed by atoms with Crippen LogP contribution in [0.25, 0.3) is 11.0 Å². The van der Waals surface area contributed by atoms with Gasteiger partial charge in [-0.3, -0.25) is 19.3 Å². The predicted molar refractivity (Wildman–Crippen MR) is 175 cm³/mol. The molecular weight excluding hydrogens is 643 g/mol. The summed E-state index contributed by atoms with van der Waals surface area (Å²) in [5, 5.41) is 8.84. The van der Waals surface area contributed by atoms with Gasteiger partial charge in [-0.25, -0.2) is 8.78 Å². The predicted octanol–water partition coefficient (Wildman–Crippen LogP) is 6.97. The van der Waals surface area contributed by atoms with Gasteiger partial charge in [-0.2, -0.15) is 0 Å². The lowest BCUT2D eigenvalue weighted by Gasteiger charge is -2.32. The van der Waals surface area contributed by atoms with Crippen molar-refractivity contribution in [2.75, 3.05) is 9.80 Å². The highest BCUT2D eigenvalue weighted by atomic mass is 32.2. The first-order valence-electron chi connectivity index (χ1n) is 14.6. The van der Waals surface area contributed by atoms with E-state index in [0.717, 1.165) is 16.9 Å². The first kappa shape index (κ1) is 29.2. The average molecular weight is 665 g/mol. The van der Waals surface area contributed by atoms with Crippen molar-refractivity contribution in [2.45, 2.75) is 29.1 Å². The summed E-state index contributed by atoms with van der Waals surface area (Å²) in [5.74, 6) is -2.26. The molecule has 2 aromatic heterocycles. The molecule has 2 aliphatic rings. The number of aryl methyl sites for hydroxylation is 1. The molecule has 0 saturated carbocycles. The third-order valence-electron chi connectivity index (χ3n) is 8.46. The maximum Gasteiger partial charge on any atom is 0.297 e. The fourth-order valence-electron chi connectivity index (χ4n) is 6.34. The summed E-state index contributed by atoms with van der Waals surface area (Å²) in [6.45, 7) is 1.67. The summed E-state index contributed by atoms with van der Waals surface area (Å²) < 4.78 is 35.8. The molecule has 0 aliphatic carbocycles. The van der Waals surface area contributed by atoms with Crippen LogP contribution in [-0.2, 0) is 22.6 Å². The van der Waals surface area contributed by atoms with E-state index in [1.54, 1.807) is 78.9 Å². The molecule has 2 aliphatic heterocycles. The number of benzene rings is 4. The highest BCUT2D eigenvalue weighted by Gasteiger charge is 2.66. The standard InChI is InChI=1S/C35H22F2N4O4S2/c1-19-14-15-27-22(16-19)29(42)28-30(45-27)31(43)41(33-38-39-34(47-33)46-18-21-9-3-6-12-25(21)37)35(28)23-10-4-7-13-26(23)40(32(35)44)17-20-8-2-5-11-24(20)36/h2-16H,17-18H2,1H3. The number of hydrogen-bond donors (Lipinski definition) is 0. The summed E-state index contributed by atoms with van der Waals surface area (Å²) in [6, 6.07) is 24.4. The number of fused-ring (bicyclic) bond motifs is 5. The minimum atomic E-state index is -2.01. The zero-order valence-electron chi connectivity index (χ0n) is 24.6. The number of nitrogens with zero attached hydrogens (tertiary/aromatic N) is 4. The Morgan fingerprint density at radius 1 is 0.872 bits per heavy atom. The van der Waals surface area contributed by atoms with E-state index < -0.39 is 28.6 Å². The van der Waals surface area contributed by atoms with E-state index in [1.807, 2.05) is 6.92 Å². The first-order valence-corrected chi connectivity index (χ1v) is 16.4. The van der Waals surface area contributed by atoms with Gasteiger partial charge < -0.3 is 9.32 Å². The Bertz CT molecular complexity index is 2340. The molecule has 0 bridgehead atoms. The van der Waals surface area contributed by atoms with E-state index in [2.05, 4.69) is 10.2 Å². The van der Waals surface area contributed by atoms with Gasteiger partial charge >= 0.3 is 0 Å². The zero-order chi connectivity index (χ0) is 32.4. The smallest absolute Gasteiger partial charge is 0.297 e. The maximum atomic E-state index is 15.0. The number of amides is 2. The molecule has 1 atom stereocenters. The molecule has 12 heteroatoms. The normalized spacial score (nSPS) is 16.8. The molecule has 1 unspecified atom stereocenters. The Labute approximate surface area is 274 Å². The summed E-state index contributed by atoms with van der Waals surface area (Å²) in [7, 11) is 0. The number of rotatable bonds is 6. The molecule has 4 heterocycles. The molecule has 1 spiro atoms. The Hall–Kier alpha value is -5.20. The second kappa shape index (κ2) is 11.0. The lowest BCUT2D eigenvalue weighted by atomic mass is 9.84. The van der Waals surface area contributed by atoms with E-state index in [4.69, 9.17) is 4.42 Å². The van der Waals surface area contributed by atoms with Gasteiger partial charge in [0.1, 0.15) is 17.2 Å². The molecule has 0 radical (unpaired) electrons. The van der Waals surface area contributed by atoms with Crippen molar-refractivity contribution in [3.8, 4) is 0 Å². The van der Waals surface area contributed by atoms with E-state index >= 15 is 4.79 Å². The monoisotopic (exact) mass is 664 g/mol. The van der Waals surface area contributed by atoms with Crippen molar-refractivity contribution in [3.05, 3.63) is 146 Å². The lowest BCUT2D eigenvalue weighted by molar-refractivity contribution is -0.121. The third-order valence-corrected chi connectivity index (χ3v) is 10.6. The second-order valence-corrected chi connectivity index (χ2v) is 13.4. The van der Waals surface area contributed by atoms with Crippen LogP contribution in [0.3, 0.4) is 0 Å². The molecule has 47 heavy (non-hydrogen) atoms. The van der Waals surface area contributed by atoms with Crippen molar-refractivity contribution in [2.24, 2.45) is 0 Å². The lowest BCUT2D eigenvalue weighted by Crippen LogP contribution is -2.53.